The summed E-state index contributed by atoms with van der Waals surface area (Å²) in [5.41, 5.74) is 0. The minimum Gasteiger partial charge on any atom is -0.237 e. The molecule has 0 aliphatic carbocycles. The van der Waals surface area contributed by atoms with Gasteiger partial charge in [0.2, 0.25) is 0 Å². The maximum absolute atomic E-state index is 3.93. The van der Waals surface area contributed by atoms with Gasteiger partial charge in [0.15, 0.2) is 4.60 Å². The second-order valence-corrected chi connectivity index (χ2v) is 3.75. The number of halogens is 2. The molecule has 0 radical (unpaired) electrons. The van der Waals surface area contributed by atoms with Crippen molar-refractivity contribution < 1.29 is 0 Å². The van der Waals surface area contributed by atoms with Crippen LogP contribution < -0.4 is 0 Å². The van der Waals surface area contributed by atoms with E-state index in [9.17, 15) is 0 Å². The van der Waals surface area contributed by atoms with Gasteiger partial charge in [0.05, 0.1) is 0 Å². The molecule has 1 aromatic heterocycles. The largest absolute Gasteiger partial charge is 0.237 e. The van der Waals surface area contributed by atoms with Crippen molar-refractivity contribution in [1.29, 1.82) is 0 Å². The number of aryl methyl sites for hydroxylation is 1. The van der Waals surface area contributed by atoms with Crippen LogP contribution in [0.1, 0.15) is 19.8 Å². The summed E-state index contributed by atoms with van der Waals surface area (Å²) in [6.45, 7) is 3.08. The summed E-state index contributed by atoms with van der Waals surface area (Å²) in [5.74, 6) is 0. The minimum atomic E-state index is 0.772. The first kappa shape index (κ1) is 9.19. The standard InChI is InChI=1S/C6H9Br2N3/c1-2-3-4-11-6(8)5(7)9-10-11/h2-4H2,1H3. The molecule has 62 valence electrons. The van der Waals surface area contributed by atoms with Crippen LogP contribution >= 0.6 is 31.9 Å². The lowest BCUT2D eigenvalue weighted by atomic mass is 10.3. The average Bonchev–Trinajstić information content (AvgIpc) is 2.31. The van der Waals surface area contributed by atoms with Gasteiger partial charge in [0, 0.05) is 6.54 Å². The summed E-state index contributed by atoms with van der Waals surface area (Å²) >= 11 is 6.64. The molecule has 1 heterocycles. The Morgan fingerprint density at radius 3 is 2.64 bits per heavy atom. The molecule has 0 saturated carbocycles. The van der Waals surface area contributed by atoms with Crippen LogP contribution in [0.4, 0.5) is 0 Å². The third-order valence-corrected chi connectivity index (χ3v) is 3.21. The molecule has 0 atom stereocenters. The Labute approximate surface area is 82.4 Å². The van der Waals surface area contributed by atoms with E-state index in [1.54, 1.807) is 0 Å². The summed E-state index contributed by atoms with van der Waals surface area (Å²) in [4.78, 5) is 0. The van der Waals surface area contributed by atoms with Crippen molar-refractivity contribution in [2.75, 3.05) is 0 Å². The van der Waals surface area contributed by atoms with Crippen LogP contribution in [0.3, 0.4) is 0 Å². The third kappa shape index (κ3) is 2.27. The molecular weight excluding hydrogens is 274 g/mol. The molecule has 1 aromatic rings. The van der Waals surface area contributed by atoms with Crippen LogP contribution in [-0.4, -0.2) is 15.0 Å². The van der Waals surface area contributed by atoms with E-state index in [4.69, 9.17) is 0 Å². The number of hydrogen-bond donors (Lipinski definition) is 0. The molecule has 3 nitrogen and oxygen atoms in total. The Hall–Kier alpha value is 0.1000. The topological polar surface area (TPSA) is 30.7 Å². The smallest absolute Gasteiger partial charge is 0.162 e. The second kappa shape index (κ2) is 4.21. The molecule has 0 bridgehead atoms. The zero-order valence-electron chi connectivity index (χ0n) is 6.22. The predicted octanol–water partition coefficient (Wildman–Crippen LogP) is 2.60. The summed E-state index contributed by atoms with van der Waals surface area (Å²) in [6.07, 6.45) is 2.30. The van der Waals surface area contributed by atoms with Crippen LogP contribution in [0, 0.1) is 0 Å². The van der Waals surface area contributed by atoms with E-state index in [1.165, 1.54) is 6.42 Å². The molecular formula is C6H9Br2N3. The quantitative estimate of drug-likeness (QED) is 0.853. The zero-order chi connectivity index (χ0) is 8.27. The Morgan fingerprint density at radius 1 is 1.45 bits per heavy atom. The molecule has 0 amide bonds. The molecule has 0 aromatic carbocycles. The predicted molar refractivity (Wildman–Crippen MR) is 50.3 cm³/mol. The van der Waals surface area contributed by atoms with Crippen LogP contribution in [0.5, 0.6) is 0 Å². The molecule has 5 heteroatoms. The molecule has 0 saturated heterocycles. The normalized spacial score (nSPS) is 10.5. The summed E-state index contributed by atoms with van der Waals surface area (Å²) in [5, 5.41) is 7.78. The van der Waals surface area contributed by atoms with Gasteiger partial charge in [-0.15, -0.1) is 5.10 Å². The van der Waals surface area contributed by atoms with E-state index < -0.39 is 0 Å². The van der Waals surface area contributed by atoms with Gasteiger partial charge in [-0.05, 0) is 38.3 Å². The second-order valence-electron chi connectivity index (χ2n) is 2.25. The highest BCUT2D eigenvalue weighted by Gasteiger charge is 2.04. The monoisotopic (exact) mass is 281 g/mol. The van der Waals surface area contributed by atoms with Gasteiger partial charge in [-0.3, -0.25) is 0 Å². The van der Waals surface area contributed by atoms with Gasteiger partial charge in [0.1, 0.15) is 4.60 Å². The van der Waals surface area contributed by atoms with E-state index in [2.05, 4.69) is 49.1 Å². The fourth-order valence-electron chi connectivity index (χ4n) is 0.731. The Morgan fingerprint density at radius 2 is 2.18 bits per heavy atom. The highest BCUT2D eigenvalue weighted by molar-refractivity contribution is 9.13. The van der Waals surface area contributed by atoms with Gasteiger partial charge in [-0.25, -0.2) is 4.68 Å². The lowest BCUT2D eigenvalue weighted by Crippen LogP contribution is -1.99. The fourth-order valence-corrected chi connectivity index (χ4v) is 1.33. The van der Waals surface area contributed by atoms with Crippen molar-refractivity contribution in [3.63, 3.8) is 0 Å². The van der Waals surface area contributed by atoms with E-state index in [1.807, 2.05) is 4.68 Å². The van der Waals surface area contributed by atoms with E-state index in [0.717, 1.165) is 22.2 Å². The van der Waals surface area contributed by atoms with Gasteiger partial charge in [-0.1, -0.05) is 18.6 Å². The van der Waals surface area contributed by atoms with Crippen molar-refractivity contribution >= 4 is 31.9 Å². The lowest BCUT2D eigenvalue weighted by Gasteiger charge is -1.98. The van der Waals surface area contributed by atoms with E-state index >= 15 is 0 Å². The Balaban J connectivity index is 2.63. The first-order chi connectivity index (χ1) is 5.25. The minimum absolute atomic E-state index is 0.772. The molecule has 0 unspecified atom stereocenters. The zero-order valence-corrected chi connectivity index (χ0v) is 9.39. The van der Waals surface area contributed by atoms with Crippen molar-refractivity contribution in [2.24, 2.45) is 0 Å². The third-order valence-electron chi connectivity index (χ3n) is 1.36. The van der Waals surface area contributed by atoms with Crippen LogP contribution in [0.15, 0.2) is 9.21 Å². The molecule has 0 spiro atoms. The Kier molecular flexibility index (Phi) is 3.51. The molecule has 0 aliphatic rings. The Bertz CT molecular complexity index is 234. The first-order valence-electron chi connectivity index (χ1n) is 3.50. The van der Waals surface area contributed by atoms with Crippen LogP contribution in [0.25, 0.3) is 0 Å². The molecule has 0 aliphatic heterocycles. The molecule has 1 rings (SSSR count). The number of nitrogens with zero attached hydrogens (tertiary/aromatic N) is 3. The average molecular weight is 283 g/mol. The maximum atomic E-state index is 3.93. The van der Waals surface area contributed by atoms with Gasteiger partial charge < -0.3 is 0 Å². The summed E-state index contributed by atoms with van der Waals surface area (Å²) in [7, 11) is 0. The number of rotatable bonds is 3. The molecule has 0 fully saturated rings. The van der Waals surface area contributed by atoms with Crippen molar-refractivity contribution in [3.8, 4) is 0 Å². The maximum Gasteiger partial charge on any atom is 0.162 e. The van der Waals surface area contributed by atoms with Gasteiger partial charge in [0.25, 0.3) is 0 Å². The van der Waals surface area contributed by atoms with Crippen molar-refractivity contribution in [2.45, 2.75) is 26.3 Å². The highest BCUT2D eigenvalue weighted by Crippen LogP contribution is 2.19. The summed E-state index contributed by atoms with van der Waals surface area (Å²) < 4.78 is 3.53. The number of hydrogen-bond acceptors (Lipinski definition) is 2. The van der Waals surface area contributed by atoms with Crippen molar-refractivity contribution in [3.05, 3.63) is 9.21 Å². The molecule has 11 heavy (non-hydrogen) atoms. The lowest BCUT2D eigenvalue weighted by molar-refractivity contribution is 0.544. The van der Waals surface area contributed by atoms with Crippen molar-refractivity contribution in [1.82, 2.24) is 15.0 Å². The van der Waals surface area contributed by atoms with Gasteiger partial charge >= 0.3 is 0 Å². The highest BCUT2D eigenvalue weighted by atomic mass is 79.9. The fraction of sp³-hybridized carbons (Fsp3) is 0.667. The SMILES string of the molecule is CCCCn1nnc(Br)c1Br. The molecule has 0 N–H and O–H groups in total. The van der Waals surface area contributed by atoms with E-state index in [-0.39, 0.29) is 0 Å². The van der Waals surface area contributed by atoms with Gasteiger partial charge in [-0.2, -0.15) is 0 Å². The first-order valence-corrected chi connectivity index (χ1v) is 5.08. The van der Waals surface area contributed by atoms with E-state index in [0.29, 0.717) is 0 Å². The van der Waals surface area contributed by atoms with Crippen LogP contribution in [-0.2, 0) is 6.54 Å². The van der Waals surface area contributed by atoms with Crippen LogP contribution in [0.2, 0.25) is 0 Å². The summed E-state index contributed by atoms with van der Waals surface area (Å²) in [6, 6.07) is 0. The number of unbranched alkanes of at least 4 members (excludes halogenated alkanes) is 1. The number of aromatic nitrogens is 3.